The van der Waals surface area contributed by atoms with Crippen molar-refractivity contribution in [3.8, 4) is 0 Å². The zero-order valence-corrected chi connectivity index (χ0v) is 23.0. The summed E-state index contributed by atoms with van der Waals surface area (Å²) in [6.45, 7) is 18.1. The van der Waals surface area contributed by atoms with E-state index < -0.39 is 0 Å². The van der Waals surface area contributed by atoms with E-state index in [4.69, 9.17) is 9.47 Å². The van der Waals surface area contributed by atoms with Crippen LogP contribution < -0.4 is 0 Å². The molecule has 0 aliphatic heterocycles. The lowest BCUT2D eigenvalue weighted by molar-refractivity contribution is -0.149. The Kier molecular flexibility index (Phi) is 7.45. The van der Waals surface area contributed by atoms with Gasteiger partial charge >= 0.3 is 5.97 Å². The van der Waals surface area contributed by atoms with Gasteiger partial charge in [-0.25, -0.2) is 0 Å². The van der Waals surface area contributed by atoms with Gasteiger partial charge in [0.1, 0.15) is 6.10 Å². The van der Waals surface area contributed by atoms with Gasteiger partial charge in [0.05, 0.1) is 6.10 Å². The molecule has 3 heteroatoms. The molecule has 4 aliphatic carbocycles. The summed E-state index contributed by atoms with van der Waals surface area (Å²) < 4.78 is 11.9. The highest BCUT2D eigenvalue weighted by Gasteiger charge is 2.61. The zero-order valence-electron chi connectivity index (χ0n) is 23.0. The van der Waals surface area contributed by atoms with Crippen molar-refractivity contribution in [3.63, 3.8) is 0 Å². The van der Waals surface area contributed by atoms with E-state index in [1.54, 1.807) is 0 Å². The third kappa shape index (κ3) is 4.44. The first-order valence-corrected chi connectivity index (χ1v) is 14.1. The van der Waals surface area contributed by atoms with Crippen LogP contribution in [0, 0.1) is 46.3 Å². The molecule has 0 aromatic carbocycles. The number of carbonyl (C=O) groups is 1. The summed E-state index contributed by atoms with van der Waals surface area (Å²) in [5.41, 5.74) is 3.57. The van der Waals surface area contributed by atoms with Crippen molar-refractivity contribution in [2.75, 3.05) is 7.11 Å². The predicted molar refractivity (Wildman–Crippen MR) is 139 cm³/mol. The van der Waals surface area contributed by atoms with Crippen molar-refractivity contribution in [2.45, 2.75) is 112 Å². The lowest BCUT2D eigenvalue weighted by Gasteiger charge is -2.60. The molecular formula is C31H50O3. The van der Waals surface area contributed by atoms with E-state index in [0.29, 0.717) is 23.2 Å². The van der Waals surface area contributed by atoms with Crippen LogP contribution in [0.4, 0.5) is 0 Å². The molecule has 3 nitrogen and oxygen atoms in total. The van der Waals surface area contributed by atoms with Gasteiger partial charge < -0.3 is 9.47 Å². The number of esters is 1. The molecule has 0 aromatic heterocycles. The molecule has 0 aromatic rings. The number of hydrogen-bond acceptors (Lipinski definition) is 3. The number of methoxy groups -OCH3 is 1. The summed E-state index contributed by atoms with van der Waals surface area (Å²) in [6, 6.07) is 0. The van der Waals surface area contributed by atoms with Crippen LogP contribution in [0.15, 0.2) is 23.8 Å². The Morgan fingerprint density at radius 3 is 2.50 bits per heavy atom. The maximum absolute atomic E-state index is 11.6. The molecule has 9 atom stereocenters. The fourth-order valence-corrected chi connectivity index (χ4v) is 9.03. The number of ether oxygens (including phenoxy) is 2. The van der Waals surface area contributed by atoms with Crippen molar-refractivity contribution in [3.05, 3.63) is 23.8 Å². The highest BCUT2D eigenvalue weighted by molar-refractivity contribution is 5.66. The van der Waals surface area contributed by atoms with Crippen LogP contribution in [0.3, 0.4) is 0 Å². The molecule has 0 N–H and O–H groups in total. The summed E-state index contributed by atoms with van der Waals surface area (Å²) in [5.74, 6) is 4.06. The van der Waals surface area contributed by atoms with Gasteiger partial charge in [0.25, 0.3) is 0 Å². The standard InChI is InChI=1S/C31H50O3/c1-19(2)20(3)9-10-21(4)25-11-12-26-29-27(14-16-31(25,26)7)30(6)15-13-24(34-22(5)32)17-23(30)18-28(29)33-8/h18-19,21,24-29H,3,9-17H2,1-2,4-8H3/t21-,24+,25-,26+,27+,28-,29+,30+,31-/m1/s1. The first kappa shape index (κ1) is 26.0. The predicted octanol–water partition coefficient (Wildman–Crippen LogP) is 7.75. The maximum Gasteiger partial charge on any atom is 0.302 e. The molecule has 0 saturated heterocycles. The molecule has 0 bridgehead atoms. The highest BCUT2D eigenvalue weighted by Crippen LogP contribution is 2.67. The summed E-state index contributed by atoms with van der Waals surface area (Å²) in [7, 11) is 1.91. The van der Waals surface area contributed by atoms with E-state index in [1.807, 2.05) is 7.11 Å². The largest absolute Gasteiger partial charge is 0.462 e. The normalized spacial score (nSPS) is 42.3. The molecule has 0 heterocycles. The maximum atomic E-state index is 11.6. The Morgan fingerprint density at radius 1 is 1.12 bits per heavy atom. The second-order valence-electron chi connectivity index (χ2n) is 13.1. The van der Waals surface area contributed by atoms with Crippen LogP contribution in [-0.4, -0.2) is 25.3 Å². The smallest absolute Gasteiger partial charge is 0.302 e. The van der Waals surface area contributed by atoms with Gasteiger partial charge in [0.2, 0.25) is 0 Å². The topological polar surface area (TPSA) is 35.5 Å². The van der Waals surface area contributed by atoms with Gasteiger partial charge in [-0.2, -0.15) is 0 Å². The molecule has 0 unspecified atom stereocenters. The minimum Gasteiger partial charge on any atom is -0.462 e. The summed E-state index contributed by atoms with van der Waals surface area (Å²) in [4.78, 5) is 11.6. The lowest BCUT2D eigenvalue weighted by Crippen LogP contribution is -2.55. The first-order valence-electron chi connectivity index (χ1n) is 14.1. The molecule has 0 amide bonds. The molecule has 0 spiro atoms. The van der Waals surface area contributed by atoms with Gasteiger partial charge in [-0.05, 0) is 97.7 Å². The third-order valence-electron chi connectivity index (χ3n) is 11.2. The van der Waals surface area contributed by atoms with Crippen molar-refractivity contribution in [1.82, 2.24) is 0 Å². The van der Waals surface area contributed by atoms with Gasteiger partial charge in [0, 0.05) is 20.5 Å². The van der Waals surface area contributed by atoms with Gasteiger partial charge in [0.15, 0.2) is 0 Å². The fourth-order valence-electron chi connectivity index (χ4n) is 9.03. The van der Waals surface area contributed by atoms with E-state index in [1.165, 1.54) is 56.6 Å². The highest BCUT2D eigenvalue weighted by atomic mass is 16.5. The monoisotopic (exact) mass is 470 g/mol. The SMILES string of the molecule is C=C(CC[C@@H](C)[C@H]1CC[C@H]2[C@@H]3[C@H](OC)C=C4C[C@@H](OC(C)=O)CC[C@]4(C)[C@H]3CC[C@]12C)C(C)C. The average molecular weight is 471 g/mol. The second kappa shape index (κ2) is 9.75. The number of hydrogen-bond donors (Lipinski definition) is 0. The number of fused-ring (bicyclic) bond motifs is 5. The summed E-state index contributed by atoms with van der Waals surface area (Å²) in [5, 5.41) is 0. The Hall–Kier alpha value is -1.09. The van der Waals surface area contributed by atoms with E-state index in [-0.39, 0.29) is 23.6 Å². The lowest BCUT2D eigenvalue weighted by atomic mass is 9.46. The zero-order chi connectivity index (χ0) is 24.8. The minimum absolute atomic E-state index is 0.0389. The molecular weight excluding hydrogens is 420 g/mol. The van der Waals surface area contributed by atoms with Crippen molar-refractivity contribution < 1.29 is 14.3 Å². The second-order valence-corrected chi connectivity index (χ2v) is 13.1. The van der Waals surface area contributed by atoms with Crippen molar-refractivity contribution in [1.29, 1.82) is 0 Å². The minimum atomic E-state index is -0.150. The van der Waals surface area contributed by atoms with Crippen LogP contribution in [-0.2, 0) is 14.3 Å². The van der Waals surface area contributed by atoms with Crippen molar-refractivity contribution >= 4 is 5.97 Å². The Labute approximate surface area is 209 Å². The summed E-state index contributed by atoms with van der Waals surface area (Å²) in [6.07, 6.45) is 13.6. The van der Waals surface area contributed by atoms with Gasteiger partial charge in [-0.3, -0.25) is 4.79 Å². The average Bonchev–Trinajstić information content (AvgIpc) is 3.13. The van der Waals surface area contributed by atoms with E-state index in [9.17, 15) is 4.79 Å². The van der Waals surface area contributed by atoms with Gasteiger partial charge in [-0.15, -0.1) is 0 Å². The molecule has 4 rings (SSSR count). The fraction of sp³-hybridized carbons (Fsp3) is 0.839. The third-order valence-corrected chi connectivity index (χ3v) is 11.2. The van der Waals surface area contributed by atoms with E-state index in [2.05, 4.69) is 47.3 Å². The van der Waals surface area contributed by atoms with Crippen molar-refractivity contribution in [2.24, 2.45) is 46.3 Å². The molecule has 4 aliphatic rings. The van der Waals surface area contributed by atoms with E-state index in [0.717, 1.165) is 37.0 Å². The molecule has 3 fully saturated rings. The number of allylic oxidation sites excluding steroid dienone is 1. The molecule has 0 radical (unpaired) electrons. The molecule has 192 valence electrons. The van der Waals surface area contributed by atoms with Gasteiger partial charge in [-0.1, -0.05) is 58.4 Å². The van der Waals surface area contributed by atoms with Crippen LogP contribution in [0.2, 0.25) is 0 Å². The number of rotatable bonds is 7. The molecule has 34 heavy (non-hydrogen) atoms. The van der Waals surface area contributed by atoms with Crippen LogP contribution in [0.1, 0.15) is 99.3 Å². The Morgan fingerprint density at radius 2 is 1.85 bits per heavy atom. The Balaban J connectivity index is 1.55. The molecule has 3 saturated carbocycles. The summed E-state index contributed by atoms with van der Waals surface area (Å²) >= 11 is 0. The number of carbonyl (C=O) groups excluding carboxylic acids is 1. The van der Waals surface area contributed by atoms with E-state index >= 15 is 0 Å². The van der Waals surface area contributed by atoms with Crippen LogP contribution in [0.5, 0.6) is 0 Å². The van der Waals surface area contributed by atoms with Crippen LogP contribution >= 0.6 is 0 Å². The quantitative estimate of drug-likeness (QED) is 0.282. The first-order chi connectivity index (χ1) is 16.0. The Bertz CT molecular complexity index is 811. The van der Waals surface area contributed by atoms with Crippen LogP contribution in [0.25, 0.3) is 0 Å².